The van der Waals surface area contributed by atoms with Gasteiger partial charge >= 0.3 is 0 Å². The Labute approximate surface area is 226 Å². The Morgan fingerprint density at radius 3 is 2.68 bits per heavy atom. The predicted octanol–water partition coefficient (Wildman–Crippen LogP) is 4.35. The van der Waals surface area contributed by atoms with Gasteiger partial charge in [0.15, 0.2) is 5.11 Å². The van der Waals surface area contributed by atoms with Crippen LogP contribution in [-0.2, 0) is 9.53 Å². The van der Waals surface area contributed by atoms with Crippen LogP contribution >= 0.6 is 12.2 Å². The zero-order valence-corrected chi connectivity index (χ0v) is 22.1. The van der Waals surface area contributed by atoms with Gasteiger partial charge in [-0.05, 0) is 73.2 Å². The molecule has 5 rings (SSSR count). The zero-order chi connectivity index (χ0) is 26.6. The number of rotatable bonds is 8. The van der Waals surface area contributed by atoms with Crippen LogP contribution < -0.4 is 20.3 Å². The first kappa shape index (κ1) is 25.4. The average Bonchev–Trinajstić information content (AvgIpc) is 3.54. The number of anilines is 2. The molecule has 0 radical (unpaired) electrons. The van der Waals surface area contributed by atoms with Crippen molar-refractivity contribution in [2.75, 3.05) is 31.0 Å². The summed E-state index contributed by atoms with van der Waals surface area (Å²) in [6.07, 6.45) is 5.62. The standard InChI is InChI=1S/C28H28N6O3S/c1-18-9-12-24(30-16-18)33-14-6-8-22(33)27-26(20-7-4-5-13-29-20)32-28(38)34(27)19-10-11-23(37-3)21(15-19)31-25(35)17-36-2/h4-16,26-27H,17H2,1-3H3,(H,31,35)(H,32,38). The van der Waals surface area contributed by atoms with Crippen molar-refractivity contribution in [3.8, 4) is 11.6 Å². The van der Waals surface area contributed by atoms with E-state index >= 15 is 0 Å². The lowest BCUT2D eigenvalue weighted by molar-refractivity contribution is -0.119. The van der Waals surface area contributed by atoms with E-state index in [9.17, 15) is 4.79 Å². The van der Waals surface area contributed by atoms with Crippen LogP contribution in [-0.4, -0.2) is 46.4 Å². The lowest BCUT2D eigenvalue weighted by Gasteiger charge is -2.29. The molecule has 0 bridgehead atoms. The highest BCUT2D eigenvalue weighted by Gasteiger charge is 2.42. The maximum Gasteiger partial charge on any atom is 0.250 e. The first-order valence-corrected chi connectivity index (χ1v) is 12.5. The van der Waals surface area contributed by atoms with E-state index in [1.807, 2.05) is 78.8 Å². The zero-order valence-electron chi connectivity index (χ0n) is 21.3. The van der Waals surface area contributed by atoms with Gasteiger partial charge in [0.05, 0.1) is 24.5 Å². The molecule has 4 heterocycles. The molecule has 1 fully saturated rings. The van der Waals surface area contributed by atoms with Crippen molar-refractivity contribution in [2.24, 2.45) is 0 Å². The first-order chi connectivity index (χ1) is 18.5. The number of pyridine rings is 2. The smallest absolute Gasteiger partial charge is 0.250 e. The molecule has 4 aromatic rings. The van der Waals surface area contributed by atoms with E-state index < -0.39 is 0 Å². The molecular weight excluding hydrogens is 500 g/mol. The number of thiocarbonyl (C=S) groups is 1. The molecule has 0 spiro atoms. The summed E-state index contributed by atoms with van der Waals surface area (Å²) in [6, 6.07) is 19.0. The molecule has 1 amide bonds. The number of carbonyl (C=O) groups is 1. The molecule has 2 N–H and O–H groups in total. The summed E-state index contributed by atoms with van der Waals surface area (Å²) >= 11 is 5.89. The first-order valence-electron chi connectivity index (χ1n) is 12.1. The van der Waals surface area contributed by atoms with E-state index in [2.05, 4.69) is 31.2 Å². The monoisotopic (exact) mass is 528 g/mol. The summed E-state index contributed by atoms with van der Waals surface area (Å²) in [7, 11) is 3.03. The Balaban J connectivity index is 1.62. The van der Waals surface area contributed by atoms with Gasteiger partial charge in [-0.25, -0.2) is 4.98 Å². The van der Waals surface area contributed by atoms with Gasteiger partial charge in [0, 0.05) is 37.1 Å². The normalized spacial score (nSPS) is 16.8. The quantitative estimate of drug-likeness (QED) is 0.326. The highest BCUT2D eigenvalue weighted by atomic mass is 32.1. The number of nitrogens with one attached hydrogen (secondary N) is 2. The minimum Gasteiger partial charge on any atom is -0.495 e. The number of nitrogens with zero attached hydrogens (tertiary/aromatic N) is 4. The summed E-state index contributed by atoms with van der Waals surface area (Å²) in [5.74, 6) is 1.05. The number of methoxy groups -OCH3 is 2. The van der Waals surface area contributed by atoms with Crippen LogP contribution in [0.4, 0.5) is 11.4 Å². The van der Waals surface area contributed by atoms with Crippen LogP contribution in [0.3, 0.4) is 0 Å². The summed E-state index contributed by atoms with van der Waals surface area (Å²) in [4.78, 5) is 23.7. The Hall–Kier alpha value is -4.28. The number of benzene rings is 1. The third kappa shape index (κ3) is 4.96. The van der Waals surface area contributed by atoms with Gasteiger partial charge in [-0.1, -0.05) is 12.1 Å². The van der Waals surface area contributed by atoms with Crippen molar-refractivity contribution < 1.29 is 14.3 Å². The largest absolute Gasteiger partial charge is 0.495 e. The van der Waals surface area contributed by atoms with Crippen molar-refractivity contribution in [1.29, 1.82) is 0 Å². The summed E-state index contributed by atoms with van der Waals surface area (Å²) in [5, 5.41) is 6.88. The number of aromatic nitrogens is 3. The van der Waals surface area contributed by atoms with Crippen LogP contribution in [0.2, 0.25) is 0 Å². The third-order valence-electron chi connectivity index (χ3n) is 6.33. The van der Waals surface area contributed by atoms with Crippen LogP contribution in [0, 0.1) is 6.92 Å². The molecular formula is C28H28N6O3S. The average molecular weight is 529 g/mol. The van der Waals surface area contributed by atoms with E-state index in [0.29, 0.717) is 16.5 Å². The molecule has 2 atom stereocenters. The SMILES string of the molecule is COCC(=O)Nc1cc(N2C(=S)NC(c3ccccn3)C2c2cccn2-c2ccc(C)cn2)ccc1OC. The van der Waals surface area contributed by atoms with Crippen molar-refractivity contribution in [2.45, 2.75) is 19.0 Å². The second-order valence-corrected chi connectivity index (χ2v) is 9.25. The van der Waals surface area contributed by atoms with Crippen LogP contribution in [0.25, 0.3) is 5.82 Å². The fourth-order valence-corrected chi connectivity index (χ4v) is 4.99. The Morgan fingerprint density at radius 2 is 1.97 bits per heavy atom. The Morgan fingerprint density at radius 1 is 1.11 bits per heavy atom. The number of hydrogen-bond donors (Lipinski definition) is 2. The Bertz CT molecular complexity index is 1440. The van der Waals surface area contributed by atoms with Crippen LogP contribution in [0.15, 0.2) is 79.3 Å². The molecule has 3 aromatic heterocycles. The van der Waals surface area contributed by atoms with Gasteiger partial charge in [-0.15, -0.1) is 0 Å². The molecule has 1 aromatic carbocycles. The lowest BCUT2D eigenvalue weighted by Crippen LogP contribution is -2.30. The molecule has 0 aliphatic carbocycles. The fraction of sp³-hybridized carbons (Fsp3) is 0.214. The minimum atomic E-state index is -0.285. The number of carbonyl (C=O) groups excluding carboxylic acids is 1. The topological polar surface area (TPSA) is 93.5 Å². The van der Waals surface area contributed by atoms with Crippen molar-refractivity contribution in [1.82, 2.24) is 19.9 Å². The van der Waals surface area contributed by atoms with E-state index in [0.717, 1.165) is 28.5 Å². The van der Waals surface area contributed by atoms with Crippen LogP contribution in [0.1, 0.15) is 29.0 Å². The lowest BCUT2D eigenvalue weighted by atomic mass is 10.0. The van der Waals surface area contributed by atoms with Crippen molar-refractivity contribution in [3.05, 3.63) is 96.2 Å². The molecule has 1 aliphatic heterocycles. The maximum atomic E-state index is 12.3. The molecule has 2 unspecified atom stereocenters. The van der Waals surface area contributed by atoms with Gasteiger partial charge in [0.25, 0.3) is 0 Å². The summed E-state index contributed by atoms with van der Waals surface area (Å²) < 4.78 is 12.5. The van der Waals surface area contributed by atoms with E-state index in [4.69, 9.17) is 21.7 Å². The van der Waals surface area contributed by atoms with E-state index in [1.54, 1.807) is 13.3 Å². The molecule has 194 valence electrons. The van der Waals surface area contributed by atoms with Crippen molar-refractivity contribution >= 4 is 34.6 Å². The number of ether oxygens (including phenoxy) is 2. The number of hydrogen-bond acceptors (Lipinski definition) is 6. The Kier molecular flexibility index (Phi) is 7.34. The molecule has 9 nitrogen and oxygen atoms in total. The second kappa shape index (κ2) is 11.0. The van der Waals surface area contributed by atoms with E-state index in [-0.39, 0.29) is 24.6 Å². The highest BCUT2D eigenvalue weighted by Crippen LogP contribution is 2.43. The highest BCUT2D eigenvalue weighted by molar-refractivity contribution is 7.80. The minimum absolute atomic E-state index is 0.0709. The molecule has 1 saturated heterocycles. The van der Waals surface area contributed by atoms with Gasteiger partial charge in [0.1, 0.15) is 24.2 Å². The van der Waals surface area contributed by atoms with Crippen molar-refractivity contribution in [3.63, 3.8) is 0 Å². The van der Waals surface area contributed by atoms with Gasteiger partial charge in [0.2, 0.25) is 5.91 Å². The van der Waals surface area contributed by atoms with Crippen LogP contribution in [0.5, 0.6) is 5.75 Å². The summed E-state index contributed by atoms with van der Waals surface area (Å²) in [6.45, 7) is 1.94. The molecule has 10 heteroatoms. The van der Waals surface area contributed by atoms with Gasteiger partial charge in [-0.2, -0.15) is 0 Å². The second-order valence-electron chi connectivity index (χ2n) is 8.86. The van der Waals surface area contributed by atoms with Gasteiger partial charge < -0.3 is 29.6 Å². The molecule has 38 heavy (non-hydrogen) atoms. The molecule has 1 aliphatic rings. The predicted molar refractivity (Wildman–Crippen MR) is 150 cm³/mol. The number of aryl methyl sites for hydroxylation is 1. The summed E-state index contributed by atoms with van der Waals surface area (Å²) in [5.41, 5.74) is 4.22. The maximum absolute atomic E-state index is 12.3. The fourth-order valence-electron chi connectivity index (χ4n) is 4.64. The number of amides is 1. The van der Waals surface area contributed by atoms with Gasteiger partial charge in [-0.3, -0.25) is 9.78 Å². The van der Waals surface area contributed by atoms with E-state index in [1.165, 1.54) is 7.11 Å². The molecule has 0 saturated carbocycles. The third-order valence-corrected chi connectivity index (χ3v) is 6.65.